The fourth-order valence-corrected chi connectivity index (χ4v) is 3.24. The Balaban J connectivity index is 3.25. The second kappa shape index (κ2) is 7.47. The molecule has 0 amide bonds. The molecule has 1 unspecified atom stereocenters. The SMILES string of the molecule is COC(=O)C(CC(C)C)NS(=O)(=O)c1cc(C(F)(F)F)ccc1F. The van der Waals surface area contributed by atoms with E-state index in [1.807, 2.05) is 4.72 Å². The largest absolute Gasteiger partial charge is 0.468 e. The van der Waals surface area contributed by atoms with Gasteiger partial charge >= 0.3 is 12.1 Å². The molecule has 0 spiro atoms. The number of esters is 1. The summed E-state index contributed by atoms with van der Waals surface area (Å²) in [5.41, 5.74) is -1.32. The van der Waals surface area contributed by atoms with Crippen molar-refractivity contribution < 1.29 is 35.5 Å². The lowest BCUT2D eigenvalue weighted by atomic mass is 10.1. The zero-order chi connectivity index (χ0) is 18.7. The van der Waals surface area contributed by atoms with Crippen LogP contribution in [0.25, 0.3) is 0 Å². The van der Waals surface area contributed by atoms with Gasteiger partial charge in [0.05, 0.1) is 12.7 Å². The number of carbonyl (C=O) groups is 1. The molecule has 0 aliphatic heterocycles. The number of benzene rings is 1. The fourth-order valence-electron chi connectivity index (χ4n) is 1.94. The third kappa shape index (κ3) is 5.17. The summed E-state index contributed by atoms with van der Waals surface area (Å²) < 4.78 is 82.6. The molecule has 1 aromatic rings. The van der Waals surface area contributed by atoms with Crippen LogP contribution in [0.2, 0.25) is 0 Å². The molecule has 10 heteroatoms. The van der Waals surface area contributed by atoms with Gasteiger partial charge in [0.1, 0.15) is 16.8 Å². The molecule has 0 fully saturated rings. The summed E-state index contributed by atoms with van der Waals surface area (Å²) in [6.07, 6.45) is -4.80. The van der Waals surface area contributed by atoms with E-state index in [1.165, 1.54) is 0 Å². The average Bonchev–Trinajstić information content (AvgIpc) is 2.43. The summed E-state index contributed by atoms with van der Waals surface area (Å²) in [4.78, 5) is 10.5. The summed E-state index contributed by atoms with van der Waals surface area (Å²) in [7, 11) is -3.66. The third-order valence-corrected chi connectivity index (χ3v) is 4.52. The second-order valence-electron chi connectivity index (χ2n) is 5.47. The minimum atomic E-state index is -4.84. The molecule has 0 aromatic heterocycles. The number of hydrogen-bond donors (Lipinski definition) is 1. The van der Waals surface area contributed by atoms with Crippen LogP contribution in [0.15, 0.2) is 23.1 Å². The number of rotatable bonds is 6. The van der Waals surface area contributed by atoms with Crippen molar-refractivity contribution in [3.63, 3.8) is 0 Å². The first-order chi connectivity index (χ1) is 10.9. The molecule has 0 heterocycles. The lowest BCUT2D eigenvalue weighted by molar-refractivity contribution is -0.143. The average molecular weight is 371 g/mol. The van der Waals surface area contributed by atoms with Crippen molar-refractivity contribution in [2.75, 3.05) is 7.11 Å². The van der Waals surface area contributed by atoms with Crippen LogP contribution in [0.5, 0.6) is 0 Å². The molecule has 0 saturated carbocycles. The van der Waals surface area contributed by atoms with Crippen molar-refractivity contribution in [3.05, 3.63) is 29.6 Å². The Morgan fingerprint density at radius 3 is 2.33 bits per heavy atom. The second-order valence-corrected chi connectivity index (χ2v) is 7.15. The first-order valence-electron chi connectivity index (χ1n) is 6.85. The first-order valence-corrected chi connectivity index (χ1v) is 8.33. The highest BCUT2D eigenvalue weighted by Crippen LogP contribution is 2.31. The maximum absolute atomic E-state index is 13.7. The molecular formula is C14H17F4NO4S. The number of alkyl halides is 3. The Bertz CT molecular complexity index is 701. The number of ether oxygens (including phenoxy) is 1. The Morgan fingerprint density at radius 2 is 1.88 bits per heavy atom. The van der Waals surface area contributed by atoms with Gasteiger partial charge in [0.15, 0.2) is 0 Å². The van der Waals surface area contributed by atoms with Crippen molar-refractivity contribution in [2.24, 2.45) is 5.92 Å². The van der Waals surface area contributed by atoms with E-state index in [0.29, 0.717) is 12.1 Å². The topological polar surface area (TPSA) is 72.5 Å². The summed E-state index contributed by atoms with van der Waals surface area (Å²) >= 11 is 0. The molecule has 5 nitrogen and oxygen atoms in total. The van der Waals surface area contributed by atoms with Crippen molar-refractivity contribution in [1.82, 2.24) is 4.72 Å². The van der Waals surface area contributed by atoms with Crippen LogP contribution in [0, 0.1) is 11.7 Å². The van der Waals surface area contributed by atoms with E-state index >= 15 is 0 Å². The molecule has 0 aliphatic carbocycles. The minimum Gasteiger partial charge on any atom is -0.468 e. The van der Waals surface area contributed by atoms with E-state index in [2.05, 4.69) is 4.74 Å². The van der Waals surface area contributed by atoms with Crippen LogP contribution < -0.4 is 4.72 Å². The van der Waals surface area contributed by atoms with E-state index in [0.717, 1.165) is 7.11 Å². The zero-order valence-electron chi connectivity index (χ0n) is 13.1. The van der Waals surface area contributed by atoms with Gasteiger partial charge in [-0.05, 0) is 30.5 Å². The van der Waals surface area contributed by atoms with Gasteiger partial charge in [0, 0.05) is 0 Å². The minimum absolute atomic E-state index is 0.0342. The van der Waals surface area contributed by atoms with E-state index in [9.17, 15) is 30.8 Å². The number of halogens is 4. The maximum Gasteiger partial charge on any atom is 0.416 e. The van der Waals surface area contributed by atoms with Crippen molar-refractivity contribution in [2.45, 2.75) is 37.4 Å². The molecule has 1 rings (SSSR count). The van der Waals surface area contributed by atoms with Crippen molar-refractivity contribution in [1.29, 1.82) is 0 Å². The Labute approximate surface area is 137 Å². The van der Waals surface area contributed by atoms with Crippen LogP contribution in [-0.4, -0.2) is 27.5 Å². The number of sulfonamides is 1. The normalized spacial score (nSPS) is 13.8. The zero-order valence-corrected chi connectivity index (χ0v) is 14.0. The summed E-state index contributed by atoms with van der Waals surface area (Å²) in [5.74, 6) is -2.40. The lowest BCUT2D eigenvalue weighted by Gasteiger charge is -2.19. The van der Waals surface area contributed by atoms with Crippen LogP contribution in [0.1, 0.15) is 25.8 Å². The highest BCUT2D eigenvalue weighted by Gasteiger charge is 2.34. The highest BCUT2D eigenvalue weighted by atomic mass is 32.2. The van der Waals surface area contributed by atoms with Gasteiger partial charge in [-0.3, -0.25) is 4.79 Å². The van der Waals surface area contributed by atoms with E-state index in [4.69, 9.17) is 0 Å². The van der Waals surface area contributed by atoms with Gasteiger partial charge in [-0.2, -0.15) is 17.9 Å². The van der Waals surface area contributed by atoms with Crippen molar-refractivity contribution >= 4 is 16.0 Å². The molecule has 0 bridgehead atoms. The number of hydrogen-bond acceptors (Lipinski definition) is 4. The van der Waals surface area contributed by atoms with E-state index in [-0.39, 0.29) is 18.4 Å². The number of carbonyl (C=O) groups excluding carboxylic acids is 1. The molecule has 0 radical (unpaired) electrons. The molecule has 0 aliphatic rings. The van der Waals surface area contributed by atoms with Crippen LogP contribution in [0.3, 0.4) is 0 Å². The van der Waals surface area contributed by atoms with E-state index < -0.39 is 44.5 Å². The standard InChI is InChI=1S/C14H17F4NO4S/c1-8(2)6-11(13(20)23-3)19-24(21,22)12-7-9(14(16,17)18)4-5-10(12)15/h4-5,7-8,11,19H,6H2,1-3H3. The number of methoxy groups -OCH3 is 1. The molecule has 1 aromatic carbocycles. The van der Waals surface area contributed by atoms with Gasteiger partial charge in [0.2, 0.25) is 10.0 Å². The Kier molecular flexibility index (Phi) is 6.34. The predicted molar refractivity (Wildman–Crippen MR) is 77.0 cm³/mol. The van der Waals surface area contributed by atoms with E-state index in [1.54, 1.807) is 13.8 Å². The smallest absolute Gasteiger partial charge is 0.416 e. The lowest BCUT2D eigenvalue weighted by Crippen LogP contribution is -2.42. The van der Waals surface area contributed by atoms with Gasteiger partial charge in [-0.1, -0.05) is 13.8 Å². The summed E-state index contributed by atoms with van der Waals surface area (Å²) in [6, 6.07) is -0.317. The van der Waals surface area contributed by atoms with Crippen LogP contribution in [-0.2, 0) is 25.7 Å². The Hall–Kier alpha value is -1.68. The number of nitrogens with one attached hydrogen (secondary N) is 1. The molecular weight excluding hydrogens is 354 g/mol. The summed E-state index contributed by atoms with van der Waals surface area (Å²) in [6.45, 7) is 3.41. The molecule has 1 atom stereocenters. The highest BCUT2D eigenvalue weighted by molar-refractivity contribution is 7.89. The molecule has 0 saturated heterocycles. The fraction of sp³-hybridized carbons (Fsp3) is 0.500. The van der Waals surface area contributed by atoms with Gasteiger partial charge in [-0.15, -0.1) is 0 Å². The van der Waals surface area contributed by atoms with Crippen LogP contribution >= 0.6 is 0 Å². The van der Waals surface area contributed by atoms with Gasteiger partial charge in [-0.25, -0.2) is 12.8 Å². The third-order valence-electron chi connectivity index (χ3n) is 3.04. The quantitative estimate of drug-likeness (QED) is 0.617. The monoisotopic (exact) mass is 371 g/mol. The van der Waals surface area contributed by atoms with Gasteiger partial charge < -0.3 is 4.74 Å². The molecule has 1 N–H and O–H groups in total. The predicted octanol–water partition coefficient (Wildman–Crippen LogP) is 2.71. The first kappa shape index (κ1) is 20.4. The van der Waals surface area contributed by atoms with Crippen molar-refractivity contribution in [3.8, 4) is 0 Å². The van der Waals surface area contributed by atoms with Crippen LogP contribution in [0.4, 0.5) is 17.6 Å². The van der Waals surface area contributed by atoms with Gasteiger partial charge in [0.25, 0.3) is 0 Å². The maximum atomic E-state index is 13.7. The Morgan fingerprint density at radius 1 is 1.29 bits per heavy atom. The molecule has 24 heavy (non-hydrogen) atoms. The summed E-state index contributed by atoms with van der Waals surface area (Å²) in [5, 5.41) is 0. The molecule has 136 valence electrons.